The maximum Gasteiger partial charge on any atom is 0.219 e. The summed E-state index contributed by atoms with van der Waals surface area (Å²) in [6.07, 6.45) is 4.74. The second-order valence-electron chi connectivity index (χ2n) is 7.77. The standard InChI is InChI=1S/C20H29FN2O3/c1-15-11-18(7-8-19(15)21)26-14-20(25)12-22(16(2)24)9-10-23(13-20)17-5-3-4-6-17/h7-8,11,17,25H,3-6,9-10,12-14H2,1-2H3/t20-/m1/s1. The molecule has 5 nitrogen and oxygen atoms in total. The second kappa shape index (κ2) is 7.92. The van der Waals surface area contributed by atoms with E-state index in [4.69, 9.17) is 4.74 Å². The summed E-state index contributed by atoms with van der Waals surface area (Å²) in [5.74, 6) is 0.221. The molecule has 1 N–H and O–H groups in total. The van der Waals surface area contributed by atoms with Crippen molar-refractivity contribution in [3.8, 4) is 5.75 Å². The van der Waals surface area contributed by atoms with Crippen LogP contribution >= 0.6 is 0 Å². The second-order valence-corrected chi connectivity index (χ2v) is 7.77. The quantitative estimate of drug-likeness (QED) is 0.891. The lowest BCUT2D eigenvalue weighted by Crippen LogP contribution is -2.53. The van der Waals surface area contributed by atoms with Gasteiger partial charge in [-0.1, -0.05) is 12.8 Å². The number of carbonyl (C=O) groups excluding carboxylic acids is 1. The summed E-state index contributed by atoms with van der Waals surface area (Å²) in [4.78, 5) is 16.0. The molecule has 144 valence electrons. The van der Waals surface area contributed by atoms with Gasteiger partial charge in [-0.05, 0) is 43.5 Å². The smallest absolute Gasteiger partial charge is 0.219 e. The van der Waals surface area contributed by atoms with E-state index in [-0.39, 0.29) is 24.9 Å². The molecule has 0 bridgehead atoms. The highest BCUT2D eigenvalue weighted by Crippen LogP contribution is 2.27. The molecule has 2 aliphatic rings. The number of hydrogen-bond donors (Lipinski definition) is 1. The first-order chi connectivity index (χ1) is 12.4. The summed E-state index contributed by atoms with van der Waals surface area (Å²) in [6.45, 7) is 5.45. The molecule has 1 heterocycles. The van der Waals surface area contributed by atoms with Crippen LogP contribution in [0.4, 0.5) is 4.39 Å². The van der Waals surface area contributed by atoms with Crippen LogP contribution in [0, 0.1) is 12.7 Å². The fourth-order valence-electron chi connectivity index (χ4n) is 4.06. The predicted molar refractivity (Wildman–Crippen MR) is 97.7 cm³/mol. The van der Waals surface area contributed by atoms with E-state index in [1.807, 2.05) is 0 Å². The third kappa shape index (κ3) is 4.54. The van der Waals surface area contributed by atoms with Crippen molar-refractivity contribution in [3.05, 3.63) is 29.6 Å². The van der Waals surface area contributed by atoms with Crippen LogP contribution < -0.4 is 4.74 Å². The number of nitrogens with zero attached hydrogens (tertiary/aromatic N) is 2. The Labute approximate surface area is 154 Å². The lowest BCUT2D eigenvalue weighted by molar-refractivity contribution is -0.132. The van der Waals surface area contributed by atoms with E-state index >= 15 is 0 Å². The number of rotatable bonds is 4. The van der Waals surface area contributed by atoms with E-state index in [1.54, 1.807) is 24.0 Å². The minimum absolute atomic E-state index is 0.0330. The Kier molecular flexibility index (Phi) is 5.82. The summed E-state index contributed by atoms with van der Waals surface area (Å²) in [5, 5.41) is 11.3. The monoisotopic (exact) mass is 364 g/mol. The van der Waals surface area contributed by atoms with Gasteiger partial charge in [0, 0.05) is 32.6 Å². The summed E-state index contributed by atoms with van der Waals surface area (Å²) in [7, 11) is 0. The third-order valence-electron chi connectivity index (χ3n) is 5.56. The molecule has 1 atom stereocenters. The summed E-state index contributed by atoms with van der Waals surface area (Å²) < 4.78 is 19.2. The first-order valence-electron chi connectivity index (χ1n) is 9.47. The number of aryl methyl sites for hydroxylation is 1. The Morgan fingerprint density at radius 3 is 2.69 bits per heavy atom. The molecule has 2 fully saturated rings. The Morgan fingerprint density at radius 1 is 1.31 bits per heavy atom. The number of ether oxygens (including phenoxy) is 1. The number of carbonyl (C=O) groups is 1. The molecule has 0 aromatic heterocycles. The Bertz CT molecular complexity index is 648. The molecule has 3 rings (SSSR count). The zero-order valence-electron chi connectivity index (χ0n) is 15.7. The van der Waals surface area contributed by atoms with Gasteiger partial charge in [-0.2, -0.15) is 0 Å². The average Bonchev–Trinajstić information content (AvgIpc) is 3.07. The fraction of sp³-hybridized carbons (Fsp3) is 0.650. The molecule has 0 unspecified atom stereocenters. The fourth-order valence-corrected chi connectivity index (χ4v) is 4.06. The average molecular weight is 364 g/mol. The van der Waals surface area contributed by atoms with Crippen molar-refractivity contribution in [1.82, 2.24) is 9.80 Å². The number of aliphatic hydroxyl groups is 1. The third-order valence-corrected chi connectivity index (χ3v) is 5.56. The minimum atomic E-state index is -1.15. The van der Waals surface area contributed by atoms with Crippen molar-refractivity contribution in [2.24, 2.45) is 0 Å². The summed E-state index contributed by atoms with van der Waals surface area (Å²) >= 11 is 0. The van der Waals surface area contributed by atoms with E-state index in [9.17, 15) is 14.3 Å². The molecule has 26 heavy (non-hydrogen) atoms. The van der Waals surface area contributed by atoms with Crippen LogP contribution in [0.15, 0.2) is 18.2 Å². The van der Waals surface area contributed by atoms with Crippen molar-refractivity contribution >= 4 is 5.91 Å². The van der Waals surface area contributed by atoms with Crippen molar-refractivity contribution in [3.63, 3.8) is 0 Å². The normalized spacial score (nSPS) is 25.3. The van der Waals surface area contributed by atoms with Crippen LogP contribution in [0.25, 0.3) is 0 Å². The maximum atomic E-state index is 13.4. The van der Waals surface area contributed by atoms with Gasteiger partial charge in [0.2, 0.25) is 5.91 Å². The van der Waals surface area contributed by atoms with Gasteiger partial charge in [-0.25, -0.2) is 4.39 Å². The molecular formula is C20H29FN2O3. The van der Waals surface area contributed by atoms with Crippen LogP contribution in [0.3, 0.4) is 0 Å². The number of β-amino-alcohol motifs (C(OH)–C–C–N with tert-alkyl or cyclic N) is 1. The Hall–Kier alpha value is -1.66. The molecule has 1 amide bonds. The number of benzene rings is 1. The summed E-state index contributed by atoms with van der Waals surface area (Å²) in [5.41, 5.74) is -0.638. The van der Waals surface area contributed by atoms with Gasteiger partial charge < -0.3 is 14.7 Å². The minimum Gasteiger partial charge on any atom is -0.490 e. The molecular weight excluding hydrogens is 335 g/mol. The molecule has 1 aliphatic carbocycles. The van der Waals surface area contributed by atoms with E-state index < -0.39 is 5.60 Å². The SMILES string of the molecule is CC(=O)N1CCN(C2CCCC2)C[C@@](O)(COc2ccc(F)c(C)c2)C1. The van der Waals surface area contributed by atoms with E-state index in [0.717, 1.165) is 19.4 Å². The van der Waals surface area contributed by atoms with Crippen LogP contribution in [-0.2, 0) is 4.79 Å². The van der Waals surface area contributed by atoms with Gasteiger partial charge in [0.25, 0.3) is 0 Å². The molecule has 1 saturated carbocycles. The predicted octanol–water partition coefficient (Wildman–Crippen LogP) is 2.35. The maximum absolute atomic E-state index is 13.4. The summed E-state index contributed by atoms with van der Waals surface area (Å²) in [6, 6.07) is 5.04. The molecule has 0 spiro atoms. The van der Waals surface area contributed by atoms with Gasteiger partial charge in [-0.15, -0.1) is 0 Å². The molecule has 6 heteroatoms. The number of amides is 1. The Balaban J connectivity index is 1.72. The van der Waals surface area contributed by atoms with E-state index in [1.165, 1.54) is 25.8 Å². The van der Waals surface area contributed by atoms with Gasteiger partial charge >= 0.3 is 0 Å². The topological polar surface area (TPSA) is 53.0 Å². The van der Waals surface area contributed by atoms with Crippen LogP contribution in [0.1, 0.15) is 38.2 Å². The number of hydrogen-bond acceptors (Lipinski definition) is 4. The lowest BCUT2D eigenvalue weighted by Gasteiger charge is -2.35. The van der Waals surface area contributed by atoms with Gasteiger partial charge in [0.1, 0.15) is 23.8 Å². The van der Waals surface area contributed by atoms with Gasteiger partial charge in [0.05, 0.1) is 6.54 Å². The number of halogens is 1. The first-order valence-corrected chi connectivity index (χ1v) is 9.47. The zero-order valence-corrected chi connectivity index (χ0v) is 15.7. The van der Waals surface area contributed by atoms with Crippen molar-refractivity contribution < 1.29 is 19.0 Å². The highest BCUT2D eigenvalue weighted by molar-refractivity contribution is 5.73. The van der Waals surface area contributed by atoms with Crippen molar-refractivity contribution in [2.75, 3.05) is 32.8 Å². The Morgan fingerprint density at radius 2 is 2.04 bits per heavy atom. The zero-order chi connectivity index (χ0) is 18.7. The van der Waals surface area contributed by atoms with Crippen LogP contribution in [0.2, 0.25) is 0 Å². The first kappa shape index (κ1) is 19.1. The molecule has 1 aromatic carbocycles. The molecule has 1 aromatic rings. The van der Waals surface area contributed by atoms with E-state index in [2.05, 4.69) is 4.90 Å². The lowest BCUT2D eigenvalue weighted by atomic mass is 10.0. The van der Waals surface area contributed by atoms with Crippen LogP contribution in [-0.4, -0.2) is 65.2 Å². The highest BCUT2D eigenvalue weighted by Gasteiger charge is 2.39. The molecule has 1 aliphatic heterocycles. The molecule has 1 saturated heterocycles. The molecule has 0 radical (unpaired) electrons. The van der Waals surface area contributed by atoms with Gasteiger partial charge in [-0.3, -0.25) is 9.69 Å². The highest BCUT2D eigenvalue weighted by atomic mass is 19.1. The van der Waals surface area contributed by atoms with Crippen molar-refractivity contribution in [1.29, 1.82) is 0 Å². The van der Waals surface area contributed by atoms with Gasteiger partial charge in [0.15, 0.2) is 0 Å². The van der Waals surface area contributed by atoms with Crippen LogP contribution in [0.5, 0.6) is 5.75 Å². The van der Waals surface area contributed by atoms with Crippen molar-refractivity contribution in [2.45, 2.75) is 51.2 Å². The largest absolute Gasteiger partial charge is 0.490 e. The van der Waals surface area contributed by atoms with E-state index in [0.29, 0.717) is 30.4 Å².